The van der Waals surface area contributed by atoms with Crippen LogP contribution in [0.4, 0.5) is 4.79 Å². The molecule has 1 rings (SSSR count). The SMILES string of the molecule is COC(=O)CNC(=O)C(c1cc(C)ccc1C)N(C(=O)C(CCSC)NC(=O)OC(C)(C)C)C(C)CCC(C)C. The lowest BCUT2D eigenvalue weighted by Crippen LogP contribution is -2.56. The lowest BCUT2D eigenvalue weighted by molar-refractivity contribution is -0.146. The summed E-state index contributed by atoms with van der Waals surface area (Å²) in [5.41, 5.74) is 1.68. The van der Waals surface area contributed by atoms with Crippen molar-refractivity contribution >= 4 is 35.6 Å². The van der Waals surface area contributed by atoms with Gasteiger partial charge in [-0.3, -0.25) is 14.4 Å². The van der Waals surface area contributed by atoms with Crippen LogP contribution in [0, 0.1) is 19.8 Å². The fourth-order valence-electron chi connectivity index (χ4n) is 4.24. The van der Waals surface area contributed by atoms with Crippen LogP contribution in [0.5, 0.6) is 0 Å². The number of carbonyl (C=O) groups is 4. The normalized spacial score (nSPS) is 13.7. The zero-order valence-corrected chi connectivity index (χ0v) is 26.7. The maximum absolute atomic E-state index is 14.4. The summed E-state index contributed by atoms with van der Waals surface area (Å²) in [6, 6.07) is 3.46. The fourth-order valence-corrected chi connectivity index (χ4v) is 4.71. The second-order valence-electron chi connectivity index (χ2n) is 11.6. The van der Waals surface area contributed by atoms with E-state index in [1.54, 1.807) is 37.4 Å². The second kappa shape index (κ2) is 16.5. The molecule has 3 amide bonds. The molecule has 0 radical (unpaired) electrons. The lowest BCUT2D eigenvalue weighted by atomic mass is 9.93. The van der Waals surface area contributed by atoms with Gasteiger partial charge in [0.15, 0.2) is 0 Å². The number of rotatable bonds is 14. The Bertz CT molecular complexity index is 1010. The highest BCUT2D eigenvalue weighted by Crippen LogP contribution is 2.30. The van der Waals surface area contributed by atoms with Crippen molar-refractivity contribution in [3.05, 3.63) is 34.9 Å². The van der Waals surface area contributed by atoms with Crippen LogP contribution in [-0.2, 0) is 23.9 Å². The van der Waals surface area contributed by atoms with Crippen molar-refractivity contribution in [1.29, 1.82) is 0 Å². The number of ether oxygens (including phenoxy) is 2. The molecule has 0 aromatic heterocycles. The fraction of sp³-hybridized carbons (Fsp3) is 0.667. The zero-order valence-electron chi connectivity index (χ0n) is 25.9. The molecule has 226 valence electrons. The highest BCUT2D eigenvalue weighted by molar-refractivity contribution is 7.98. The summed E-state index contributed by atoms with van der Waals surface area (Å²) in [6.45, 7) is 14.9. The van der Waals surface area contributed by atoms with Crippen molar-refractivity contribution in [2.45, 2.75) is 98.4 Å². The smallest absolute Gasteiger partial charge is 0.408 e. The third kappa shape index (κ3) is 11.8. The van der Waals surface area contributed by atoms with E-state index in [0.29, 0.717) is 30.1 Å². The van der Waals surface area contributed by atoms with Crippen molar-refractivity contribution in [2.75, 3.05) is 25.7 Å². The summed E-state index contributed by atoms with van der Waals surface area (Å²) in [7, 11) is 1.25. The monoisotopic (exact) mass is 579 g/mol. The Morgan fingerprint density at radius 2 is 1.68 bits per heavy atom. The molecule has 0 heterocycles. The summed E-state index contributed by atoms with van der Waals surface area (Å²) < 4.78 is 10.2. The number of amides is 3. The molecule has 2 N–H and O–H groups in total. The van der Waals surface area contributed by atoms with E-state index in [1.165, 1.54) is 7.11 Å². The van der Waals surface area contributed by atoms with Crippen LogP contribution in [-0.4, -0.2) is 72.1 Å². The first kappa shape index (κ1) is 35.3. The number of benzene rings is 1. The molecule has 0 aliphatic carbocycles. The Morgan fingerprint density at radius 1 is 1.02 bits per heavy atom. The van der Waals surface area contributed by atoms with Gasteiger partial charge in [-0.15, -0.1) is 0 Å². The highest BCUT2D eigenvalue weighted by Gasteiger charge is 2.39. The number of nitrogens with zero attached hydrogens (tertiary/aromatic N) is 1. The third-order valence-corrected chi connectivity index (χ3v) is 7.03. The van der Waals surface area contributed by atoms with Crippen LogP contribution < -0.4 is 10.6 Å². The number of hydrogen-bond donors (Lipinski definition) is 2. The van der Waals surface area contributed by atoms with Gasteiger partial charge in [0, 0.05) is 6.04 Å². The van der Waals surface area contributed by atoms with E-state index in [2.05, 4.69) is 24.5 Å². The molecule has 0 aliphatic rings. The van der Waals surface area contributed by atoms with E-state index in [4.69, 9.17) is 9.47 Å². The predicted molar refractivity (Wildman–Crippen MR) is 160 cm³/mol. The van der Waals surface area contributed by atoms with Crippen LogP contribution >= 0.6 is 11.8 Å². The number of esters is 1. The molecule has 3 unspecified atom stereocenters. The first-order valence-corrected chi connectivity index (χ1v) is 15.2. The third-order valence-electron chi connectivity index (χ3n) is 6.38. The van der Waals surface area contributed by atoms with E-state index >= 15 is 0 Å². The summed E-state index contributed by atoms with van der Waals surface area (Å²) in [6.07, 6.45) is 3.08. The Kier molecular flexibility index (Phi) is 14.6. The number of alkyl carbamates (subject to hydrolysis) is 1. The van der Waals surface area contributed by atoms with Gasteiger partial charge >= 0.3 is 12.1 Å². The minimum absolute atomic E-state index is 0.328. The topological polar surface area (TPSA) is 114 Å². The molecule has 9 nitrogen and oxygen atoms in total. The average Bonchev–Trinajstić information content (AvgIpc) is 2.86. The Morgan fingerprint density at radius 3 is 2.23 bits per heavy atom. The van der Waals surface area contributed by atoms with Crippen molar-refractivity contribution in [1.82, 2.24) is 15.5 Å². The molecule has 1 aromatic carbocycles. The van der Waals surface area contributed by atoms with E-state index in [1.807, 2.05) is 45.2 Å². The number of methoxy groups -OCH3 is 1. The first-order chi connectivity index (χ1) is 18.6. The van der Waals surface area contributed by atoms with Crippen molar-refractivity contribution < 1.29 is 28.7 Å². The Balaban J connectivity index is 3.68. The molecular weight excluding hydrogens is 530 g/mol. The van der Waals surface area contributed by atoms with Gasteiger partial charge in [-0.05, 0) is 89.9 Å². The van der Waals surface area contributed by atoms with Crippen LogP contribution in [0.15, 0.2) is 18.2 Å². The molecular formula is C30H49N3O6S. The number of hydrogen-bond acceptors (Lipinski definition) is 7. The van der Waals surface area contributed by atoms with Gasteiger partial charge in [0.1, 0.15) is 24.2 Å². The maximum atomic E-state index is 14.4. The highest BCUT2D eigenvalue weighted by atomic mass is 32.2. The number of carbonyl (C=O) groups excluding carboxylic acids is 4. The van der Waals surface area contributed by atoms with Gasteiger partial charge in [-0.2, -0.15) is 11.8 Å². The maximum Gasteiger partial charge on any atom is 0.408 e. The minimum Gasteiger partial charge on any atom is -0.468 e. The minimum atomic E-state index is -1.03. The molecule has 0 bridgehead atoms. The summed E-state index contributed by atoms with van der Waals surface area (Å²) >= 11 is 1.56. The molecule has 0 saturated carbocycles. The standard InChI is InChI=1S/C30H49N3O6S/c1-19(2)11-14-22(5)33(28(36)24(15-16-40-10)32-29(37)39-30(6,7)8)26(27(35)31-18-25(34)38-9)23-17-20(3)12-13-21(23)4/h12-13,17,19,22,24,26H,11,14-16,18H2,1-10H3,(H,31,35)(H,32,37). The van der Waals surface area contributed by atoms with Gasteiger partial charge in [-0.1, -0.05) is 37.6 Å². The van der Waals surface area contributed by atoms with E-state index in [-0.39, 0.29) is 18.5 Å². The molecule has 0 aliphatic heterocycles. The van der Waals surface area contributed by atoms with Crippen LogP contribution in [0.2, 0.25) is 0 Å². The number of nitrogens with one attached hydrogen (secondary N) is 2. The van der Waals surface area contributed by atoms with E-state index in [9.17, 15) is 19.2 Å². The van der Waals surface area contributed by atoms with Crippen LogP contribution in [0.3, 0.4) is 0 Å². The van der Waals surface area contributed by atoms with Crippen molar-refractivity contribution in [3.8, 4) is 0 Å². The Labute approximate surface area is 244 Å². The quantitative estimate of drug-likeness (QED) is 0.300. The Hall–Kier alpha value is -2.75. The summed E-state index contributed by atoms with van der Waals surface area (Å²) in [5, 5.41) is 5.43. The molecule has 0 saturated heterocycles. The summed E-state index contributed by atoms with van der Waals surface area (Å²) in [5.74, 6) is -0.467. The lowest BCUT2D eigenvalue weighted by Gasteiger charge is -2.39. The second-order valence-corrected chi connectivity index (χ2v) is 12.6. The predicted octanol–water partition coefficient (Wildman–Crippen LogP) is 4.93. The van der Waals surface area contributed by atoms with E-state index in [0.717, 1.165) is 17.5 Å². The van der Waals surface area contributed by atoms with Crippen LogP contribution in [0.1, 0.15) is 83.5 Å². The van der Waals surface area contributed by atoms with Gasteiger partial charge < -0.3 is 25.0 Å². The van der Waals surface area contributed by atoms with Gasteiger partial charge in [0.05, 0.1) is 7.11 Å². The molecule has 1 aromatic rings. The largest absolute Gasteiger partial charge is 0.468 e. The van der Waals surface area contributed by atoms with Gasteiger partial charge in [-0.25, -0.2) is 4.79 Å². The average molecular weight is 580 g/mol. The zero-order chi connectivity index (χ0) is 30.6. The van der Waals surface area contributed by atoms with Crippen LogP contribution in [0.25, 0.3) is 0 Å². The molecule has 40 heavy (non-hydrogen) atoms. The first-order valence-electron chi connectivity index (χ1n) is 13.8. The van der Waals surface area contributed by atoms with Crippen molar-refractivity contribution in [3.63, 3.8) is 0 Å². The molecule has 0 spiro atoms. The van der Waals surface area contributed by atoms with Crippen molar-refractivity contribution in [2.24, 2.45) is 5.92 Å². The van der Waals surface area contributed by atoms with Gasteiger partial charge in [0.2, 0.25) is 11.8 Å². The molecule has 3 atom stereocenters. The number of aryl methyl sites for hydroxylation is 2. The molecule has 10 heteroatoms. The van der Waals surface area contributed by atoms with Gasteiger partial charge in [0.25, 0.3) is 0 Å². The number of thioether (sulfide) groups is 1. The molecule has 0 fully saturated rings. The van der Waals surface area contributed by atoms with E-state index < -0.39 is 35.7 Å². The summed E-state index contributed by atoms with van der Waals surface area (Å²) in [4.78, 5) is 54.5.